The molecule has 0 heterocycles. The van der Waals surface area contributed by atoms with Crippen molar-refractivity contribution in [3.8, 4) is 5.75 Å². The molecule has 198 valence electrons. The van der Waals surface area contributed by atoms with Crippen LogP contribution < -0.4 is 4.89 Å². The van der Waals surface area contributed by atoms with Gasteiger partial charge in [-0.15, -0.1) is 0 Å². The van der Waals surface area contributed by atoms with Gasteiger partial charge in [-0.3, -0.25) is 9.05 Å². The van der Waals surface area contributed by atoms with Crippen molar-refractivity contribution in [1.82, 2.24) is 0 Å². The van der Waals surface area contributed by atoms with Crippen LogP contribution in [-0.4, -0.2) is 26.4 Å². The molecule has 1 atom stereocenters. The maximum Gasteiger partial charge on any atom is 0.511 e. The molecule has 7 heteroatoms. The van der Waals surface area contributed by atoms with Crippen molar-refractivity contribution >= 4 is 18.6 Å². The van der Waals surface area contributed by atoms with Crippen molar-refractivity contribution in [2.45, 2.75) is 90.9 Å². The maximum absolute atomic E-state index is 13.1. The molecule has 2 aromatic rings. The lowest BCUT2D eigenvalue weighted by Crippen LogP contribution is -2.08. The highest BCUT2D eigenvalue weighted by Crippen LogP contribution is 2.50. The Morgan fingerprint density at radius 1 is 0.657 bits per heavy atom. The zero-order valence-corrected chi connectivity index (χ0v) is 22.6. The molecular weight excluding hydrogens is 463 g/mol. The van der Waals surface area contributed by atoms with Gasteiger partial charge in [-0.2, -0.15) is 0 Å². The lowest BCUT2D eigenvalue weighted by Gasteiger charge is -2.17. The third-order valence-corrected chi connectivity index (χ3v) is 7.15. The first kappa shape index (κ1) is 29.8. The van der Waals surface area contributed by atoms with Gasteiger partial charge >= 0.3 is 7.82 Å². The second kappa shape index (κ2) is 18.8. The van der Waals surface area contributed by atoms with E-state index in [0.717, 1.165) is 30.0 Å². The first-order valence-electron chi connectivity index (χ1n) is 13.5. The largest absolute Gasteiger partial charge is 0.511 e. The van der Waals surface area contributed by atoms with E-state index in [0.29, 0.717) is 25.6 Å². The van der Waals surface area contributed by atoms with E-state index < -0.39 is 7.82 Å². The number of hydrogen-bond donors (Lipinski definition) is 0. The Hall–Kier alpha value is -1.43. The summed E-state index contributed by atoms with van der Waals surface area (Å²) in [4.78, 5) is 5.45. The molecule has 35 heavy (non-hydrogen) atoms. The Kier molecular flexibility index (Phi) is 16.0. The molecular formula is C28H45O6P. The molecule has 1 unspecified atom stereocenters. The normalized spacial score (nSPS) is 13.2. The van der Waals surface area contributed by atoms with Crippen LogP contribution in [0.1, 0.15) is 90.9 Å². The molecule has 2 rings (SSSR count). The summed E-state index contributed by atoms with van der Waals surface area (Å²) in [7, 11) is -3.89. The van der Waals surface area contributed by atoms with Crippen LogP contribution in [-0.2, 0) is 23.0 Å². The van der Waals surface area contributed by atoms with Gasteiger partial charge < -0.3 is 9.62 Å². The molecule has 0 bridgehead atoms. The fourth-order valence-corrected chi connectivity index (χ4v) is 4.89. The van der Waals surface area contributed by atoms with E-state index in [1.807, 2.05) is 43.3 Å². The van der Waals surface area contributed by atoms with E-state index in [4.69, 9.17) is 23.3 Å². The second-order valence-electron chi connectivity index (χ2n) is 8.83. The minimum atomic E-state index is -3.89. The molecule has 2 aromatic carbocycles. The van der Waals surface area contributed by atoms with Crippen LogP contribution in [0.4, 0.5) is 0 Å². The number of phosphoric acid groups is 1. The standard InChI is InChI=1S/C28H45O6P/c1-3-5-6-7-8-9-10-11-12-13-14-17-23-31-35(29,32-25-24-30-4-2)34-33-28-22-18-20-26-19-15-16-21-27(26)28/h15-16,18-22H,3-14,17,23-25H2,1-2H3. The van der Waals surface area contributed by atoms with Crippen molar-refractivity contribution in [3.63, 3.8) is 0 Å². The molecule has 0 aliphatic carbocycles. The third-order valence-electron chi connectivity index (χ3n) is 5.90. The van der Waals surface area contributed by atoms with Gasteiger partial charge in [0.1, 0.15) is 0 Å². The summed E-state index contributed by atoms with van der Waals surface area (Å²) >= 11 is 0. The monoisotopic (exact) mass is 508 g/mol. The number of fused-ring (bicyclic) bond motifs is 1. The zero-order valence-electron chi connectivity index (χ0n) is 21.8. The van der Waals surface area contributed by atoms with E-state index >= 15 is 0 Å². The minimum Gasteiger partial charge on any atom is -0.379 e. The van der Waals surface area contributed by atoms with Gasteiger partial charge in [0.05, 0.1) is 19.8 Å². The van der Waals surface area contributed by atoms with Crippen LogP contribution >= 0.6 is 7.82 Å². The Labute approximate surface area is 212 Å². The first-order valence-corrected chi connectivity index (χ1v) is 15.0. The second-order valence-corrected chi connectivity index (χ2v) is 10.4. The quantitative estimate of drug-likeness (QED) is 0.0684. The number of hydrogen-bond acceptors (Lipinski definition) is 6. The third kappa shape index (κ3) is 12.9. The zero-order chi connectivity index (χ0) is 25.0. The number of ether oxygens (including phenoxy) is 1. The summed E-state index contributed by atoms with van der Waals surface area (Å²) in [5.74, 6) is 0.464. The smallest absolute Gasteiger partial charge is 0.379 e. The fraction of sp³-hybridized carbons (Fsp3) is 0.643. The summed E-state index contributed by atoms with van der Waals surface area (Å²) in [6, 6.07) is 13.4. The highest BCUT2D eigenvalue weighted by Gasteiger charge is 2.29. The molecule has 0 spiro atoms. The van der Waals surface area contributed by atoms with Crippen LogP contribution in [0.25, 0.3) is 10.8 Å². The highest BCUT2D eigenvalue weighted by molar-refractivity contribution is 7.48. The van der Waals surface area contributed by atoms with Gasteiger partial charge in [-0.25, -0.2) is 4.57 Å². The van der Waals surface area contributed by atoms with Crippen LogP contribution in [0.5, 0.6) is 5.75 Å². The maximum atomic E-state index is 13.1. The number of benzene rings is 2. The van der Waals surface area contributed by atoms with Crippen molar-refractivity contribution < 1.29 is 27.9 Å². The molecule has 0 amide bonds. The SMILES string of the molecule is CCCCCCCCCCCCCCOP(=O)(OCCOCC)OOc1cccc2ccccc12. The molecule has 0 aliphatic rings. The van der Waals surface area contributed by atoms with Gasteiger partial charge in [0.15, 0.2) is 5.75 Å². The molecule has 0 N–H and O–H groups in total. The Morgan fingerprint density at radius 3 is 1.94 bits per heavy atom. The van der Waals surface area contributed by atoms with Crippen LogP contribution in [0.3, 0.4) is 0 Å². The molecule has 0 fully saturated rings. The van der Waals surface area contributed by atoms with Gasteiger partial charge in [0, 0.05) is 12.0 Å². The molecule has 0 aromatic heterocycles. The lowest BCUT2D eigenvalue weighted by atomic mass is 10.1. The average Bonchev–Trinajstić information content (AvgIpc) is 2.88. The van der Waals surface area contributed by atoms with Crippen molar-refractivity contribution in [1.29, 1.82) is 0 Å². The van der Waals surface area contributed by atoms with Gasteiger partial charge in [0.25, 0.3) is 0 Å². The molecule has 0 saturated heterocycles. The van der Waals surface area contributed by atoms with E-state index in [1.165, 1.54) is 57.8 Å². The summed E-state index contributed by atoms with van der Waals surface area (Å²) < 4.78 is 34.7. The Bertz CT molecular complexity index is 838. The average molecular weight is 509 g/mol. The number of unbranched alkanes of at least 4 members (excludes halogenated alkanes) is 11. The lowest BCUT2D eigenvalue weighted by molar-refractivity contribution is -0.132. The van der Waals surface area contributed by atoms with Crippen LogP contribution in [0.2, 0.25) is 0 Å². The van der Waals surface area contributed by atoms with E-state index in [2.05, 4.69) is 6.92 Å². The molecule has 0 radical (unpaired) electrons. The fourth-order valence-electron chi connectivity index (χ4n) is 3.91. The summed E-state index contributed by atoms with van der Waals surface area (Å²) in [5.41, 5.74) is 0. The van der Waals surface area contributed by atoms with Crippen molar-refractivity contribution in [2.24, 2.45) is 0 Å². The van der Waals surface area contributed by atoms with E-state index in [9.17, 15) is 4.57 Å². The van der Waals surface area contributed by atoms with Gasteiger partial charge in [0.2, 0.25) is 0 Å². The molecule has 6 nitrogen and oxygen atoms in total. The van der Waals surface area contributed by atoms with Crippen molar-refractivity contribution in [3.05, 3.63) is 42.5 Å². The van der Waals surface area contributed by atoms with E-state index in [1.54, 1.807) is 6.07 Å². The highest BCUT2D eigenvalue weighted by atomic mass is 31.2. The van der Waals surface area contributed by atoms with Crippen molar-refractivity contribution in [2.75, 3.05) is 26.4 Å². The predicted octanol–water partition coefficient (Wildman–Crippen LogP) is 9.03. The Morgan fingerprint density at radius 2 is 1.26 bits per heavy atom. The molecule has 0 saturated carbocycles. The Balaban J connectivity index is 1.68. The van der Waals surface area contributed by atoms with Gasteiger partial charge in [-0.1, -0.05) is 119 Å². The minimum absolute atomic E-state index is 0.0997. The molecule has 0 aliphatic heterocycles. The topological polar surface area (TPSA) is 63.2 Å². The summed E-state index contributed by atoms with van der Waals surface area (Å²) in [6.07, 6.45) is 15.0. The van der Waals surface area contributed by atoms with Crippen LogP contribution in [0, 0.1) is 0 Å². The first-order chi connectivity index (χ1) is 17.2. The van der Waals surface area contributed by atoms with Crippen LogP contribution in [0.15, 0.2) is 42.5 Å². The summed E-state index contributed by atoms with van der Waals surface area (Å²) in [5, 5.41) is 1.86. The summed E-state index contributed by atoms with van der Waals surface area (Å²) in [6.45, 7) is 5.40. The predicted molar refractivity (Wildman–Crippen MR) is 143 cm³/mol. The van der Waals surface area contributed by atoms with E-state index in [-0.39, 0.29) is 6.61 Å². The number of rotatable bonds is 22. The number of phosphoric ester groups is 1. The van der Waals surface area contributed by atoms with Gasteiger partial charge in [-0.05, 0) is 24.8 Å².